The molecular weight excluding hydrogens is 833 g/mol. The zero-order chi connectivity index (χ0) is 45.4. The van der Waals surface area contributed by atoms with Crippen molar-refractivity contribution in [2.24, 2.45) is 5.92 Å². The molecule has 9 rings (SSSR count). The number of benzene rings is 4. The highest BCUT2D eigenvalue weighted by molar-refractivity contribution is 6.07. The first-order chi connectivity index (χ1) is 31.6. The van der Waals surface area contributed by atoms with Crippen LogP contribution in [0.4, 0.5) is 9.59 Å². The first-order valence-electron chi connectivity index (χ1n) is 21.7. The van der Waals surface area contributed by atoms with E-state index in [9.17, 15) is 19.2 Å². The maximum absolute atomic E-state index is 14.2. The number of H-pyrrole nitrogens is 2. The number of aromatic nitrogens is 4. The molecule has 6 atom stereocenters. The van der Waals surface area contributed by atoms with Gasteiger partial charge in [-0.1, -0.05) is 48.5 Å². The maximum Gasteiger partial charge on any atom is 0.407 e. The monoisotopic (exact) mass is 884 g/mol. The van der Waals surface area contributed by atoms with Crippen molar-refractivity contribution in [3.05, 3.63) is 102 Å². The molecule has 0 aliphatic carbocycles. The lowest BCUT2D eigenvalue weighted by Crippen LogP contribution is -2.54. The number of nitrogens with one attached hydrogen (secondary N) is 4. The molecule has 0 radical (unpaired) electrons. The Labute approximate surface area is 375 Å². The van der Waals surface area contributed by atoms with E-state index in [2.05, 4.69) is 44.9 Å². The largest absolute Gasteiger partial charge is 0.488 e. The summed E-state index contributed by atoms with van der Waals surface area (Å²) < 4.78 is 27.1. The number of hydrogen-bond acceptors (Lipinski definition) is 11. The fourth-order valence-electron chi connectivity index (χ4n) is 9.54. The Balaban J connectivity index is 0.967. The van der Waals surface area contributed by atoms with Crippen LogP contribution in [0.5, 0.6) is 5.75 Å². The van der Waals surface area contributed by atoms with E-state index in [0.717, 1.165) is 68.3 Å². The first kappa shape index (κ1) is 43.3. The number of nitrogens with zero attached hydrogens (tertiary/aromatic N) is 4. The van der Waals surface area contributed by atoms with Crippen molar-refractivity contribution < 1.29 is 42.9 Å². The fourth-order valence-corrected chi connectivity index (χ4v) is 9.54. The fraction of sp³-hybridized carbons (Fsp3) is 0.375. The normalized spacial score (nSPS) is 19.2. The number of imidazole rings is 2. The number of methoxy groups -OCH3 is 4. The molecule has 2 saturated heterocycles. The molecular formula is C48H52N8O9. The number of carbonyl (C=O) groups is 4. The van der Waals surface area contributed by atoms with Crippen molar-refractivity contribution in [1.29, 1.82) is 0 Å². The van der Waals surface area contributed by atoms with Gasteiger partial charge in [0.05, 0.1) is 61.9 Å². The van der Waals surface area contributed by atoms with Gasteiger partial charge in [0.1, 0.15) is 36.1 Å². The minimum Gasteiger partial charge on any atom is -0.488 e. The lowest BCUT2D eigenvalue weighted by Gasteiger charge is -2.30. The number of ether oxygens (including phenoxy) is 5. The molecule has 2 fully saturated rings. The van der Waals surface area contributed by atoms with Crippen molar-refractivity contribution in [2.75, 3.05) is 48.1 Å². The van der Waals surface area contributed by atoms with Gasteiger partial charge in [-0.3, -0.25) is 9.59 Å². The molecule has 17 heteroatoms. The van der Waals surface area contributed by atoms with Gasteiger partial charge in [-0.05, 0) is 78.1 Å². The second kappa shape index (κ2) is 18.3. The van der Waals surface area contributed by atoms with Gasteiger partial charge in [-0.2, -0.15) is 0 Å². The number of fused-ring (bicyclic) bond motifs is 6. The number of carbonyl (C=O) groups excluding carboxylic acids is 4. The molecule has 1 unspecified atom stereocenters. The summed E-state index contributed by atoms with van der Waals surface area (Å²) in [4.78, 5) is 73.1. The molecule has 4 N–H and O–H groups in total. The highest BCUT2D eigenvalue weighted by atomic mass is 16.5. The molecule has 6 aromatic rings. The Kier molecular flexibility index (Phi) is 12.2. The van der Waals surface area contributed by atoms with Gasteiger partial charge in [-0.25, -0.2) is 19.6 Å². The Bertz CT molecular complexity index is 2760. The van der Waals surface area contributed by atoms with Gasteiger partial charge in [0, 0.05) is 44.2 Å². The number of alkyl carbamates (subject to hydrolysis) is 2. The van der Waals surface area contributed by atoms with Crippen molar-refractivity contribution in [3.8, 4) is 28.1 Å². The summed E-state index contributed by atoms with van der Waals surface area (Å²) in [6.07, 6.45) is 1.92. The molecule has 338 valence electrons. The van der Waals surface area contributed by atoms with Crippen molar-refractivity contribution >= 4 is 45.8 Å². The summed E-state index contributed by atoms with van der Waals surface area (Å²) >= 11 is 0. The second-order valence-electron chi connectivity index (χ2n) is 16.8. The molecule has 0 saturated carbocycles. The van der Waals surface area contributed by atoms with Crippen LogP contribution in [0.1, 0.15) is 67.1 Å². The molecule has 65 heavy (non-hydrogen) atoms. The van der Waals surface area contributed by atoms with E-state index in [1.807, 2.05) is 48.5 Å². The number of aromatic amines is 2. The minimum atomic E-state index is -0.973. The van der Waals surface area contributed by atoms with E-state index in [-0.39, 0.29) is 23.8 Å². The average Bonchev–Trinajstić information content (AvgIpc) is 4.18. The summed E-state index contributed by atoms with van der Waals surface area (Å²) in [5.41, 5.74) is 7.05. The van der Waals surface area contributed by atoms with E-state index in [1.54, 1.807) is 30.0 Å². The highest BCUT2D eigenvalue weighted by Gasteiger charge is 2.43. The molecule has 0 spiro atoms. The zero-order valence-corrected chi connectivity index (χ0v) is 36.9. The summed E-state index contributed by atoms with van der Waals surface area (Å²) in [6.45, 7) is 3.50. The van der Waals surface area contributed by atoms with Crippen LogP contribution in [0, 0.1) is 5.92 Å². The van der Waals surface area contributed by atoms with Crippen molar-refractivity contribution in [1.82, 2.24) is 40.4 Å². The van der Waals surface area contributed by atoms with Gasteiger partial charge in [0.2, 0.25) is 5.91 Å². The number of rotatable bonds is 12. The SMILES string of the molecule is COC[C@H]1C[C@@H](c2nc3ccc4cc5c(cc4c3[nH]2)OCc2cc(-c3cnc([C@@H]4CCCN4C(=O)C(NC(=O)OC)c4ccccc4)[nH]3)ccc2-5)N(C(=O)[C@@H](NC(=O)OC)[C@@H](C)OC)C1. The number of likely N-dealkylation sites (tertiary alicyclic amines) is 2. The van der Waals surface area contributed by atoms with Crippen LogP contribution in [0.25, 0.3) is 44.2 Å². The summed E-state index contributed by atoms with van der Waals surface area (Å²) in [7, 11) is 5.67. The lowest BCUT2D eigenvalue weighted by molar-refractivity contribution is -0.138. The zero-order valence-electron chi connectivity index (χ0n) is 36.9. The Morgan fingerprint density at radius 3 is 2.43 bits per heavy atom. The third-order valence-electron chi connectivity index (χ3n) is 12.9. The molecule has 17 nitrogen and oxygen atoms in total. The molecule has 4 aromatic carbocycles. The predicted octanol–water partition coefficient (Wildman–Crippen LogP) is 6.72. The van der Waals surface area contributed by atoms with Gasteiger partial charge < -0.3 is 54.1 Å². The summed E-state index contributed by atoms with van der Waals surface area (Å²) in [6, 6.07) is 21.1. The van der Waals surface area contributed by atoms with Crippen LogP contribution in [0.15, 0.2) is 79.0 Å². The Morgan fingerprint density at radius 2 is 1.66 bits per heavy atom. The van der Waals surface area contributed by atoms with E-state index in [4.69, 9.17) is 33.7 Å². The van der Waals surface area contributed by atoms with Crippen molar-refractivity contribution in [3.63, 3.8) is 0 Å². The molecule has 3 aliphatic heterocycles. The minimum absolute atomic E-state index is 0.0524. The molecule has 5 heterocycles. The van der Waals surface area contributed by atoms with Gasteiger partial charge in [0.15, 0.2) is 0 Å². The van der Waals surface area contributed by atoms with Gasteiger partial charge >= 0.3 is 12.2 Å². The van der Waals surface area contributed by atoms with Crippen LogP contribution in [-0.2, 0) is 35.1 Å². The van der Waals surface area contributed by atoms with E-state index < -0.39 is 36.4 Å². The molecule has 4 amide bonds. The van der Waals surface area contributed by atoms with E-state index >= 15 is 0 Å². The topological polar surface area (TPSA) is 202 Å². The lowest BCUT2D eigenvalue weighted by atomic mass is 9.92. The average molecular weight is 885 g/mol. The standard InChI is InChI=1S/C48H52N8O9/c1-26(62-3)40(53-47(59)63-4)45(57)56-23-27(24-61-2)18-38(56)44-50-35-16-14-29-20-34-32-15-13-30(19-31(32)25-65-39(34)21-33(29)42(35)52-44)36-22-49-43(51-36)37-12-9-17-55(37)46(58)41(54-48(60)64-5)28-10-7-6-8-11-28/h6-8,10-11,13-16,19-22,26-27,37-38,40-41H,9,12,17-18,23-25H2,1-5H3,(H,49,51)(H,50,52)(H,53,59)(H,54,60)/t26-,27+,37+,38+,40+,41?/m1/s1. The third-order valence-corrected chi connectivity index (χ3v) is 12.9. The quantitative estimate of drug-likeness (QED) is 0.102. The smallest absolute Gasteiger partial charge is 0.407 e. The summed E-state index contributed by atoms with van der Waals surface area (Å²) in [5, 5.41) is 7.30. The Hall–Kier alpha value is -6.98. The molecule has 0 bridgehead atoms. The van der Waals surface area contributed by atoms with Crippen LogP contribution < -0.4 is 15.4 Å². The molecule has 2 aromatic heterocycles. The van der Waals surface area contributed by atoms with Crippen molar-refractivity contribution in [2.45, 2.75) is 63.1 Å². The third kappa shape index (κ3) is 8.32. The first-order valence-corrected chi connectivity index (χ1v) is 21.7. The second-order valence-corrected chi connectivity index (χ2v) is 16.8. The summed E-state index contributed by atoms with van der Waals surface area (Å²) in [5.74, 6) is 1.59. The van der Waals surface area contributed by atoms with Gasteiger partial charge in [0.25, 0.3) is 5.91 Å². The van der Waals surface area contributed by atoms with Crippen LogP contribution in [0.3, 0.4) is 0 Å². The number of hydrogen-bond donors (Lipinski definition) is 4. The van der Waals surface area contributed by atoms with E-state index in [1.165, 1.54) is 21.3 Å². The highest BCUT2D eigenvalue weighted by Crippen LogP contribution is 2.44. The molecule has 3 aliphatic rings. The van der Waals surface area contributed by atoms with Crippen LogP contribution in [0.2, 0.25) is 0 Å². The van der Waals surface area contributed by atoms with Crippen LogP contribution >= 0.6 is 0 Å². The predicted molar refractivity (Wildman–Crippen MR) is 240 cm³/mol. The van der Waals surface area contributed by atoms with E-state index in [0.29, 0.717) is 49.9 Å². The van der Waals surface area contributed by atoms with Gasteiger partial charge in [-0.15, -0.1) is 0 Å². The van der Waals surface area contributed by atoms with Crippen LogP contribution in [-0.4, -0.2) is 114 Å². The number of amides is 4. The maximum atomic E-state index is 14.2. The Morgan fingerprint density at radius 1 is 0.862 bits per heavy atom.